The summed E-state index contributed by atoms with van der Waals surface area (Å²) in [4.78, 5) is 13.6. The average molecular weight is 240 g/mol. The predicted molar refractivity (Wildman–Crippen MR) is 65.4 cm³/mol. The van der Waals surface area contributed by atoms with E-state index in [2.05, 4.69) is 0 Å². The molecule has 1 unspecified atom stereocenters. The van der Waals surface area contributed by atoms with E-state index in [9.17, 15) is 9.00 Å². The van der Waals surface area contributed by atoms with E-state index in [1.165, 1.54) is 4.90 Å². The Morgan fingerprint density at radius 2 is 2.06 bits per heavy atom. The first-order valence-corrected chi connectivity index (χ1v) is 6.35. The van der Waals surface area contributed by atoms with Crippen molar-refractivity contribution in [2.75, 3.05) is 25.1 Å². The zero-order valence-electron chi connectivity index (χ0n) is 9.47. The maximum atomic E-state index is 11.9. The Morgan fingerprint density at radius 3 is 2.62 bits per heavy atom. The average Bonchev–Trinajstić information content (AvgIpc) is 2.28. The van der Waals surface area contributed by atoms with Crippen molar-refractivity contribution in [1.29, 1.82) is 0 Å². The fraction of sp³-hybridized carbons (Fsp3) is 0.364. The van der Waals surface area contributed by atoms with E-state index >= 15 is 0 Å². The van der Waals surface area contributed by atoms with Gasteiger partial charge in [-0.05, 0) is 19.1 Å². The summed E-state index contributed by atoms with van der Waals surface area (Å²) < 4.78 is 11.9. The van der Waals surface area contributed by atoms with Gasteiger partial charge in [0, 0.05) is 19.3 Å². The Kier molecular flexibility index (Phi) is 4.49. The summed E-state index contributed by atoms with van der Waals surface area (Å²) >= 11 is 0. The molecule has 0 fully saturated rings. The third-order valence-electron chi connectivity index (χ3n) is 2.32. The molecule has 0 aliphatic carbocycles. The van der Waals surface area contributed by atoms with Gasteiger partial charge in [-0.15, -0.1) is 0 Å². The molecule has 0 bridgehead atoms. The molecule has 2 N–H and O–H groups in total. The lowest BCUT2D eigenvalue weighted by Crippen LogP contribution is -2.30. The Morgan fingerprint density at radius 1 is 1.44 bits per heavy atom. The van der Waals surface area contributed by atoms with Crippen molar-refractivity contribution in [2.24, 2.45) is 0 Å². The molecule has 1 atom stereocenters. The van der Waals surface area contributed by atoms with Gasteiger partial charge in [-0.3, -0.25) is 9.00 Å². The van der Waals surface area contributed by atoms with Crippen LogP contribution in [0.2, 0.25) is 0 Å². The van der Waals surface area contributed by atoms with Gasteiger partial charge in [0.25, 0.3) is 0 Å². The fourth-order valence-corrected chi connectivity index (χ4v) is 2.33. The minimum absolute atomic E-state index is 0.0153. The summed E-state index contributed by atoms with van der Waals surface area (Å²) in [5.41, 5.74) is 6.15. The molecular weight excluding hydrogens is 224 g/mol. The number of nitrogens with zero attached hydrogens (tertiary/aromatic N) is 1. The van der Waals surface area contributed by atoms with Crippen LogP contribution >= 0.6 is 0 Å². The van der Waals surface area contributed by atoms with Gasteiger partial charge in [0.1, 0.15) is 5.75 Å². The second-order valence-corrected chi connectivity index (χ2v) is 4.86. The second kappa shape index (κ2) is 5.65. The molecule has 16 heavy (non-hydrogen) atoms. The molecule has 1 aromatic rings. The largest absolute Gasteiger partial charge is 0.398 e. The number of nitrogens with two attached hydrogens (primary N) is 1. The van der Waals surface area contributed by atoms with Crippen LogP contribution in [0, 0.1) is 0 Å². The highest BCUT2D eigenvalue weighted by Gasteiger charge is 2.14. The lowest BCUT2D eigenvalue weighted by atomic mass is 10.3. The van der Waals surface area contributed by atoms with E-state index in [-0.39, 0.29) is 11.7 Å². The van der Waals surface area contributed by atoms with Crippen LogP contribution in [0.25, 0.3) is 0 Å². The van der Waals surface area contributed by atoms with E-state index in [1.807, 2.05) is 6.92 Å². The fourth-order valence-electron chi connectivity index (χ4n) is 1.16. The van der Waals surface area contributed by atoms with Crippen molar-refractivity contribution in [3.8, 4) is 0 Å². The molecular formula is C11H16N2O2S. The molecule has 1 rings (SSSR count). The lowest BCUT2D eigenvalue weighted by molar-refractivity contribution is -0.126. The molecule has 4 nitrogen and oxygen atoms in total. The summed E-state index contributed by atoms with van der Waals surface area (Å²) in [5.74, 6) is -0.150. The standard InChI is InChI=1S/C11H16N2O2S/c1-3-13(2)11(14)8-16(15)10-7-5-4-6-9(10)12/h4-7H,3,8,12H2,1-2H3. The number of carbonyl (C=O) groups is 1. The Hall–Kier alpha value is -1.36. The van der Waals surface area contributed by atoms with Crippen molar-refractivity contribution in [3.63, 3.8) is 0 Å². The normalized spacial score (nSPS) is 12.1. The van der Waals surface area contributed by atoms with Crippen LogP contribution in [-0.2, 0) is 15.6 Å². The van der Waals surface area contributed by atoms with Crippen LogP contribution in [0.4, 0.5) is 5.69 Å². The minimum Gasteiger partial charge on any atom is -0.398 e. The molecule has 0 radical (unpaired) electrons. The van der Waals surface area contributed by atoms with Gasteiger partial charge >= 0.3 is 0 Å². The molecule has 0 aliphatic rings. The van der Waals surface area contributed by atoms with Crippen molar-refractivity contribution in [1.82, 2.24) is 4.90 Å². The zero-order valence-corrected chi connectivity index (χ0v) is 10.3. The van der Waals surface area contributed by atoms with Crippen LogP contribution in [-0.4, -0.2) is 34.4 Å². The first kappa shape index (κ1) is 12.7. The summed E-state index contributed by atoms with van der Waals surface area (Å²) in [6.07, 6.45) is 0. The Balaban J connectivity index is 2.74. The molecule has 0 heterocycles. The van der Waals surface area contributed by atoms with Crippen LogP contribution in [0.3, 0.4) is 0 Å². The van der Waals surface area contributed by atoms with Crippen LogP contribution < -0.4 is 5.73 Å². The first-order chi connectivity index (χ1) is 7.56. The maximum Gasteiger partial charge on any atom is 0.235 e. The summed E-state index contributed by atoms with van der Waals surface area (Å²) in [6.45, 7) is 2.48. The molecule has 88 valence electrons. The highest BCUT2D eigenvalue weighted by atomic mass is 32.2. The third kappa shape index (κ3) is 3.06. The highest BCUT2D eigenvalue weighted by molar-refractivity contribution is 7.86. The highest BCUT2D eigenvalue weighted by Crippen LogP contribution is 2.15. The number of hydrogen-bond donors (Lipinski definition) is 1. The lowest BCUT2D eigenvalue weighted by Gasteiger charge is -2.14. The Labute approximate surface area is 97.9 Å². The summed E-state index contributed by atoms with van der Waals surface area (Å²) in [7, 11) is 0.325. The topological polar surface area (TPSA) is 63.4 Å². The minimum atomic E-state index is -1.36. The molecule has 5 heteroatoms. The van der Waals surface area contributed by atoms with Crippen molar-refractivity contribution in [3.05, 3.63) is 24.3 Å². The van der Waals surface area contributed by atoms with Crippen molar-refractivity contribution < 1.29 is 9.00 Å². The quantitative estimate of drug-likeness (QED) is 0.794. The van der Waals surface area contributed by atoms with Gasteiger partial charge in [0.2, 0.25) is 5.91 Å². The van der Waals surface area contributed by atoms with E-state index < -0.39 is 10.8 Å². The number of amides is 1. The Bertz CT molecular complexity index is 407. The molecule has 0 spiro atoms. The van der Waals surface area contributed by atoms with E-state index in [0.717, 1.165) is 0 Å². The molecule has 1 amide bonds. The van der Waals surface area contributed by atoms with Crippen LogP contribution in [0.5, 0.6) is 0 Å². The summed E-state index contributed by atoms with van der Waals surface area (Å²) in [6, 6.07) is 6.90. The molecule has 0 aromatic heterocycles. The van der Waals surface area contributed by atoms with Gasteiger partial charge in [0.05, 0.1) is 15.7 Å². The van der Waals surface area contributed by atoms with E-state index in [4.69, 9.17) is 5.73 Å². The first-order valence-electron chi connectivity index (χ1n) is 5.03. The molecule has 0 saturated heterocycles. The van der Waals surface area contributed by atoms with Crippen LogP contribution in [0.15, 0.2) is 29.2 Å². The van der Waals surface area contributed by atoms with Gasteiger partial charge in [-0.25, -0.2) is 0 Å². The van der Waals surface area contributed by atoms with E-state index in [1.54, 1.807) is 31.3 Å². The number of anilines is 1. The van der Waals surface area contributed by atoms with Gasteiger partial charge < -0.3 is 10.6 Å². The summed E-state index contributed by atoms with van der Waals surface area (Å²) in [5, 5.41) is 0. The van der Waals surface area contributed by atoms with Crippen LogP contribution in [0.1, 0.15) is 6.92 Å². The maximum absolute atomic E-state index is 11.9. The van der Waals surface area contributed by atoms with Crippen molar-refractivity contribution in [2.45, 2.75) is 11.8 Å². The van der Waals surface area contributed by atoms with Gasteiger partial charge in [-0.1, -0.05) is 12.1 Å². The molecule has 0 aliphatic heterocycles. The number of rotatable bonds is 4. The van der Waals surface area contributed by atoms with E-state index in [0.29, 0.717) is 17.1 Å². The second-order valence-electron chi connectivity index (χ2n) is 3.44. The number of carbonyl (C=O) groups excluding carboxylic acids is 1. The predicted octanol–water partition coefficient (Wildman–Crippen LogP) is 0.855. The number of nitrogen functional groups attached to an aromatic ring is 1. The van der Waals surface area contributed by atoms with Crippen molar-refractivity contribution >= 4 is 22.4 Å². The monoisotopic (exact) mass is 240 g/mol. The molecule has 0 saturated carbocycles. The SMILES string of the molecule is CCN(C)C(=O)CS(=O)c1ccccc1N. The van der Waals surface area contributed by atoms with Gasteiger partial charge in [0.15, 0.2) is 0 Å². The molecule has 1 aromatic carbocycles. The van der Waals surface area contributed by atoms with Gasteiger partial charge in [-0.2, -0.15) is 0 Å². The zero-order chi connectivity index (χ0) is 12.1. The number of hydrogen-bond acceptors (Lipinski definition) is 3. The smallest absolute Gasteiger partial charge is 0.235 e. The number of para-hydroxylation sites is 1. The number of benzene rings is 1. The third-order valence-corrected chi connectivity index (χ3v) is 3.69.